The quantitative estimate of drug-likeness (QED) is 0.844. The van der Waals surface area contributed by atoms with Gasteiger partial charge in [-0.1, -0.05) is 6.07 Å². The number of aryl methyl sites for hydroxylation is 1. The largest absolute Gasteiger partial charge is 0.493 e. The highest BCUT2D eigenvalue weighted by Gasteiger charge is 2.23. The third kappa shape index (κ3) is 2.14. The van der Waals surface area contributed by atoms with Crippen LogP contribution in [0.1, 0.15) is 24.5 Å². The first kappa shape index (κ1) is 11.3. The van der Waals surface area contributed by atoms with Gasteiger partial charge in [0, 0.05) is 12.0 Å². The minimum atomic E-state index is 0.258. The zero-order chi connectivity index (χ0) is 11.5. The third-order valence-corrected chi connectivity index (χ3v) is 2.91. The second-order valence-electron chi connectivity index (χ2n) is 4.31. The van der Waals surface area contributed by atoms with Crippen LogP contribution in [-0.2, 0) is 12.8 Å². The van der Waals surface area contributed by atoms with Crippen LogP contribution in [0.5, 0.6) is 11.5 Å². The third-order valence-electron chi connectivity index (χ3n) is 2.91. The highest BCUT2D eigenvalue weighted by Crippen LogP contribution is 2.39. The highest BCUT2D eigenvalue weighted by molar-refractivity contribution is 5.52. The van der Waals surface area contributed by atoms with Gasteiger partial charge < -0.3 is 15.2 Å². The number of benzene rings is 1. The summed E-state index contributed by atoms with van der Waals surface area (Å²) in [7, 11) is 1.69. The average molecular weight is 221 g/mol. The van der Waals surface area contributed by atoms with E-state index in [1.165, 1.54) is 11.1 Å². The number of hydrogen-bond donors (Lipinski definition) is 1. The van der Waals surface area contributed by atoms with Crippen molar-refractivity contribution in [2.75, 3.05) is 13.7 Å². The summed E-state index contributed by atoms with van der Waals surface area (Å²) in [6, 6.07) is 4.28. The molecule has 0 saturated carbocycles. The van der Waals surface area contributed by atoms with Crippen molar-refractivity contribution in [3.05, 3.63) is 23.3 Å². The first-order valence-corrected chi connectivity index (χ1v) is 5.81. The van der Waals surface area contributed by atoms with Crippen LogP contribution >= 0.6 is 0 Å². The van der Waals surface area contributed by atoms with Gasteiger partial charge in [0.15, 0.2) is 11.5 Å². The number of hydrogen-bond acceptors (Lipinski definition) is 3. The minimum absolute atomic E-state index is 0.258. The topological polar surface area (TPSA) is 44.5 Å². The Morgan fingerprint density at radius 3 is 3.00 bits per heavy atom. The maximum absolute atomic E-state index is 5.74. The molecule has 0 amide bonds. The average Bonchev–Trinajstić information content (AvgIpc) is 2.65. The van der Waals surface area contributed by atoms with Gasteiger partial charge in [-0.2, -0.15) is 0 Å². The first-order valence-electron chi connectivity index (χ1n) is 5.81. The Balaban J connectivity index is 2.28. The van der Waals surface area contributed by atoms with Gasteiger partial charge in [-0.3, -0.25) is 0 Å². The Bertz CT molecular complexity index is 376. The number of methoxy groups -OCH3 is 1. The number of ether oxygens (including phenoxy) is 2. The van der Waals surface area contributed by atoms with Crippen molar-refractivity contribution < 1.29 is 9.47 Å². The summed E-state index contributed by atoms with van der Waals surface area (Å²) in [4.78, 5) is 0. The smallest absolute Gasteiger partial charge is 0.164 e. The second-order valence-corrected chi connectivity index (χ2v) is 4.31. The van der Waals surface area contributed by atoms with Crippen molar-refractivity contribution in [1.82, 2.24) is 0 Å². The SMILES string of the molecule is COc1cc(CCCN)cc2c1OC(C)C2. The molecule has 0 radical (unpaired) electrons. The van der Waals surface area contributed by atoms with E-state index in [0.29, 0.717) is 0 Å². The summed E-state index contributed by atoms with van der Waals surface area (Å²) in [5.74, 6) is 1.78. The molecule has 0 spiro atoms. The van der Waals surface area contributed by atoms with Gasteiger partial charge in [0.1, 0.15) is 6.10 Å². The molecule has 88 valence electrons. The molecule has 0 bridgehead atoms. The van der Waals surface area contributed by atoms with Gasteiger partial charge in [-0.15, -0.1) is 0 Å². The summed E-state index contributed by atoms with van der Waals surface area (Å²) in [5, 5.41) is 0. The molecule has 0 fully saturated rings. The molecule has 0 aromatic heterocycles. The summed E-state index contributed by atoms with van der Waals surface area (Å²) >= 11 is 0. The van der Waals surface area contributed by atoms with Crippen molar-refractivity contribution in [3.8, 4) is 11.5 Å². The molecule has 2 rings (SSSR count). The standard InChI is InChI=1S/C13H19NO2/c1-9-6-11-7-10(4-3-5-14)8-12(15-2)13(11)16-9/h7-9H,3-6,14H2,1-2H3. The fourth-order valence-electron chi connectivity index (χ4n) is 2.16. The normalized spacial score (nSPS) is 18.1. The van der Waals surface area contributed by atoms with Crippen LogP contribution < -0.4 is 15.2 Å². The van der Waals surface area contributed by atoms with Crippen LogP contribution in [0.3, 0.4) is 0 Å². The predicted octanol–water partition coefficient (Wildman–Crippen LogP) is 1.91. The van der Waals surface area contributed by atoms with E-state index in [0.717, 1.165) is 37.3 Å². The Morgan fingerprint density at radius 1 is 1.50 bits per heavy atom. The molecule has 16 heavy (non-hydrogen) atoms. The molecule has 0 aliphatic carbocycles. The van der Waals surface area contributed by atoms with Crippen LogP contribution in [0, 0.1) is 0 Å². The maximum atomic E-state index is 5.74. The van der Waals surface area contributed by atoms with Gasteiger partial charge >= 0.3 is 0 Å². The molecule has 1 heterocycles. The molecule has 3 nitrogen and oxygen atoms in total. The van der Waals surface area contributed by atoms with E-state index in [1.54, 1.807) is 7.11 Å². The minimum Gasteiger partial charge on any atom is -0.493 e. The molecular formula is C13H19NO2. The monoisotopic (exact) mass is 221 g/mol. The molecule has 1 atom stereocenters. The predicted molar refractivity (Wildman–Crippen MR) is 64.2 cm³/mol. The summed E-state index contributed by atoms with van der Waals surface area (Å²) in [5.41, 5.74) is 8.08. The van der Waals surface area contributed by atoms with E-state index < -0.39 is 0 Å². The van der Waals surface area contributed by atoms with Gasteiger partial charge in [0.05, 0.1) is 7.11 Å². The van der Waals surface area contributed by atoms with Gasteiger partial charge in [-0.25, -0.2) is 0 Å². The Hall–Kier alpha value is -1.22. The van der Waals surface area contributed by atoms with Crippen LogP contribution in [-0.4, -0.2) is 19.8 Å². The van der Waals surface area contributed by atoms with Crippen molar-refractivity contribution in [2.24, 2.45) is 5.73 Å². The fraction of sp³-hybridized carbons (Fsp3) is 0.538. The zero-order valence-corrected chi connectivity index (χ0v) is 9.95. The lowest BCUT2D eigenvalue weighted by Gasteiger charge is -2.10. The van der Waals surface area contributed by atoms with E-state index in [1.807, 2.05) is 0 Å². The van der Waals surface area contributed by atoms with Crippen molar-refractivity contribution in [1.29, 1.82) is 0 Å². The van der Waals surface area contributed by atoms with Crippen LogP contribution in [0.2, 0.25) is 0 Å². The van der Waals surface area contributed by atoms with Gasteiger partial charge in [0.25, 0.3) is 0 Å². The van der Waals surface area contributed by atoms with E-state index in [2.05, 4.69) is 19.1 Å². The Labute approximate surface area is 96.5 Å². The lowest BCUT2D eigenvalue weighted by molar-refractivity contribution is 0.243. The lowest BCUT2D eigenvalue weighted by Crippen LogP contribution is -2.05. The second kappa shape index (κ2) is 4.74. The van der Waals surface area contributed by atoms with Crippen molar-refractivity contribution in [3.63, 3.8) is 0 Å². The fourth-order valence-corrected chi connectivity index (χ4v) is 2.16. The Kier molecular flexibility index (Phi) is 3.34. The molecule has 1 unspecified atom stereocenters. The molecular weight excluding hydrogens is 202 g/mol. The van der Waals surface area contributed by atoms with Crippen molar-refractivity contribution >= 4 is 0 Å². The van der Waals surface area contributed by atoms with Gasteiger partial charge in [0.2, 0.25) is 0 Å². The lowest BCUT2D eigenvalue weighted by atomic mass is 10.0. The summed E-state index contributed by atoms with van der Waals surface area (Å²) < 4.78 is 11.1. The van der Waals surface area contributed by atoms with E-state index >= 15 is 0 Å². The molecule has 1 aliphatic rings. The molecule has 0 saturated heterocycles. The number of nitrogens with two attached hydrogens (primary N) is 1. The van der Waals surface area contributed by atoms with Gasteiger partial charge in [-0.05, 0) is 37.9 Å². The Morgan fingerprint density at radius 2 is 2.31 bits per heavy atom. The van der Waals surface area contributed by atoms with Crippen LogP contribution in [0.25, 0.3) is 0 Å². The van der Waals surface area contributed by atoms with E-state index in [9.17, 15) is 0 Å². The molecule has 2 N–H and O–H groups in total. The highest BCUT2D eigenvalue weighted by atomic mass is 16.5. The van der Waals surface area contributed by atoms with E-state index in [-0.39, 0.29) is 6.10 Å². The first-order chi connectivity index (χ1) is 7.74. The molecule has 1 aliphatic heterocycles. The zero-order valence-electron chi connectivity index (χ0n) is 9.95. The molecule has 1 aromatic rings. The van der Waals surface area contributed by atoms with Crippen LogP contribution in [0.4, 0.5) is 0 Å². The van der Waals surface area contributed by atoms with Crippen molar-refractivity contribution in [2.45, 2.75) is 32.3 Å². The summed E-state index contributed by atoms with van der Waals surface area (Å²) in [6.45, 7) is 2.81. The molecule has 1 aromatic carbocycles. The van der Waals surface area contributed by atoms with Crippen LogP contribution in [0.15, 0.2) is 12.1 Å². The number of rotatable bonds is 4. The molecule has 3 heteroatoms. The maximum Gasteiger partial charge on any atom is 0.164 e. The summed E-state index contributed by atoms with van der Waals surface area (Å²) in [6.07, 6.45) is 3.25. The van der Waals surface area contributed by atoms with E-state index in [4.69, 9.17) is 15.2 Å². The number of fused-ring (bicyclic) bond motifs is 1.